The highest BCUT2D eigenvalue weighted by Gasteiger charge is 2.34. The Morgan fingerprint density at radius 2 is 1.87 bits per heavy atom. The number of nitrogens with one attached hydrogen (secondary N) is 2. The first-order valence-corrected chi connectivity index (χ1v) is 9.42. The molecule has 1 aromatic heterocycles. The highest BCUT2D eigenvalue weighted by molar-refractivity contribution is 5.62. The van der Waals surface area contributed by atoms with Crippen molar-refractivity contribution in [3.05, 3.63) is 76.5 Å². The normalized spacial score (nSPS) is 15.4. The molecule has 3 aromatic rings. The van der Waals surface area contributed by atoms with Crippen LogP contribution in [0, 0.1) is 11.3 Å². The molecule has 30 heavy (non-hydrogen) atoms. The van der Waals surface area contributed by atoms with Gasteiger partial charge in [-0.2, -0.15) is 23.4 Å². The fraction of sp³-hybridized carbons (Fsp3) is 0.227. The third-order valence-corrected chi connectivity index (χ3v) is 5.19. The van der Waals surface area contributed by atoms with Crippen LogP contribution in [-0.4, -0.2) is 17.0 Å². The standard InChI is InChI=1S/C22H18F3N5/c1-27-20-17-10-9-16(13-5-3-2-4-6-13)19(17)29-21(30-20)28-15-8-7-14(12-26)18(11-15)22(23,24)25/h2-8,11,16H,9-10H2,1H3,(H2,27,28,29,30). The molecule has 2 aromatic carbocycles. The second-order valence-electron chi connectivity index (χ2n) is 7.01. The van der Waals surface area contributed by atoms with Gasteiger partial charge in [0.1, 0.15) is 5.82 Å². The van der Waals surface area contributed by atoms with Gasteiger partial charge in [0.05, 0.1) is 22.9 Å². The number of nitriles is 1. The molecule has 0 saturated heterocycles. The van der Waals surface area contributed by atoms with E-state index in [4.69, 9.17) is 5.26 Å². The van der Waals surface area contributed by atoms with Gasteiger partial charge < -0.3 is 10.6 Å². The predicted octanol–water partition coefficient (Wildman–Crippen LogP) is 5.23. The summed E-state index contributed by atoms with van der Waals surface area (Å²) in [6, 6.07) is 15.0. The highest BCUT2D eigenvalue weighted by Crippen LogP contribution is 2.40. The fourth-order valence-electron chi connectivity index (χ4n) is 3.82. The van der Waals surface area contributed by atoms with Crippen LogP contribution >= 0.6 is 0 Å². The lowest BCUT2D eigenvalue weighted by Gasteiger charge is -2.16. The van der Waals surface area contributed by atoms with Crippen molar-refractivity contribution >= 4 is 17.5 Å². The zero-order valence-corrected chi connectivity index (χ0v) is 16.1. The van der Waals surface area contributed by atoms with Crippen LogP contribution in [0.4, 0.5) is 30.6 Å². The summed E-state index contributed by atoms with van der Waals surface area (Å²) in [5.74, 6) is 0.966. The summed E-state index contributed by atoms with van der Waals surface area (Å²) in [7, 11) is 1.76. The minimum Gasteiger partial charge on any atom is -0.373 e. The van der Waals surface area contributed by atoms with Gasteiger partial charge in [0.15, 0.2) is 0 Å². The quantitative estimate of drug-likeness (QED) is 0.617. The van der Waals surface area contributed by atoms with Crippen molar-refractivity contribution in [1.82, 2.24) is 9.97 Å². The lowest BCUT2D eigenvalue weighted by Crippen LogP contribution is -2.10. The van der Waals surface area contributed by atoms with Crippen LogP contribution in [0.1, 0.15) is 40.3 Å². The van der Waals surface area contributed by atoms with Crippen molar-refractivity contribution in [3.63, 3.8) is 0 Å². The van der Waals surface area contributed by atoms with Crippen molar-refractivity contribution < 1.29 is 13.2 Å². The summed E-state index contributed by atoms with van der Waals surface area (Å²) in [5.41, 5.74) is 1.77. The first-order valence-electron chi connectivity index (χ1n) is 9.42. The molecule has 8 heteroatoms. The van der Waals surface area contributed by atoms with Gasteiger partial charge in [-0.25, -0.2) is 4.98 Å². The maximum absolute atomic E-state index is 13.3. The van der Waals surface area contributed by atoms with Gasteiger partial charge in [0.25, 0.3) is 0 Å². The SMILES string of the molecule is CNc1nc(Nc2ccc(C#N)c(C(F)(F)F)c2)nc2c1CCC2c1ccccc1. The molecule has 0 fully saturated rings. The molecule has 0 radical (unpaired) electrons. The van der Waals surface area contributed by atoms with Gasteiger partial charge in [-0.15, -0.1) is 0 Å². The van der Waals surface area contributed by atoms with Crippen LogP contribution in [0.5, 0.6) is 0 Å². The highest BCUT2D eigenvalue weighted by atomic mass is 19.4. The summed E-state index contributed by atoms with van der Waals surface area (Å²) >= 11 is 0. The smallest absolute Gasteiger partial charge is 0.373 e. The minimum atomic E-state index is -4.63. The van der Waals surface area contributed by atoms with Gasteiger partial charge in [-0.1, -0.05) is 30.3 Å². The molecule has 4 rings (SSSR count). The summed E-state index contributed by atoms with van der Waals surface area (Å²) in [5, 5.41) is 14.9. The van der Waals surface area contributed by atoms with E-state index in [0.717, 1.165) is 41.8 Å². The average Bonchev–Trinajstić information content (AvgIpc) is 3.17. The third-order valence-electron chi connectivity index (χ3n) is 5.19. The monoisotopic (exact) mass is 409 g/mol. The van der Waals surface area contributed by atoms with Crippen molar-refractivity contribution in [3.8, 4) is 6.07 Å². The molecule has 152 valence electrons. The van der Waals surface area contributed by atoms with Gasteiger partial charge in [0.2, 0.25) is 5.95 Å². The molecule has 0 aliphatic heterocycles. The second kappa shape index (κ2) is 7.67. The zero-order chi connectivity index (χ0) is 21.3. The molecular formula is C22H18F3N5. The molecule has 5 nitrogen and oxygen atoms in total. The number of fused-ring (bicyclic) bond motifs is 1. The summed E-state index contributed by atoms with van der Waals surface area (Å²) in [6.07, 6.45) is -2.92. The van der Waals surface area contributed by atoms with Crippen LogP contribution in [0.15, 0.2) is 48.5 Å². The number of benzene rings is 2. The Morgan fingerprint density at radius 1 is 1.10 bits per heavy atom. The molecule has 1 aliphatic rings. The Hall–Kier alpha value is -3.60. The molecule has 2 N–H and O–H groups in total. The molecule has 1 unspecified atom stereocenters. The van der Waals surface area contributed by atoms with Crippen molar-refractivity contribution in [2.75, 3.05) is 17.7 Å². The minimum absolute atomic E-state index is 0.101. The molecule has 1 heterocycles. The van der Waals surface area contributed by atoms with E-state index in [9.17, 15) is 13.2 Å². The van der Waals surface area contributed by atoms with E-state index in [-0.39, 0.29) is 17.6 Å². The lowest BCUT2D eigenvalue weighted by molar-refractivity contribution is -0.137. The summed E-state index contributed by atoms with van der Waals surface area (Å²) in [4.78, 5) is 9.08. The predicted molar refractivity (Wildman–Crippen MR) is 108 cm³/mol. The van der Waals surface area contributed by atoms with Crippen molar-refractivity contribution in [2.45, 2.75) is 24.9 Å². The van der Waals surface area contributed by atoms with Crippen molar-refractivity contribution in [2.24, 2.45) is 0 Å². The molecule has 0 spiro atoms. The van der Waals surface area contributed by atoms with E-state index in [0.29, 0.717) is 5.82 Å². The zero-order valence-electron chi connectivity index (χ0n) is 16.1. The van der Waals surface area contributed by atoms with Crippen LogP contribution < -0.4 is 10.6 Å². The van der Waals surface area contributed by atoms with Crippen LogP contribution in [-0.2, 0) is 12.6 Å². The topological polar surface area (TPSA) is 73.6 Å². The average molecular weight is 409 g/mol. The third kappa shape index (κ3) is 3.66. The Labute approximate surface area is 171 Å². The molecule has 1 atom stereocenters. The van der Waals surface area contributed by atoms with E-state index in [1.165, 1.54) is 6.07 Å². The van der Waals surface area contributed by atoms with Gasteiger partial charge in [0, 0.05) is 24.2 Å². The first kappa shape index (κ1) is 19.7. The fourth-order valence-corrected chi connectivity index (χ4v) is 3.82. The number of anilines is 3. The number of halogens is 3. The Balaban J connectivity index is 1.73. The molecule has 0 bridgehead atoms. The molecular weight excluding hydrogens is 391 g/mol. The van der Waals surface area contributed by atoms with Gasteiger partial charge in [-0.3, -0.25) is 0 Å². The van der Waals surface area contributed by atoms with Crippen LogP contribution in [0.25, 0.3) is 0 Å². The van der Waals surface area contributed by atoms with Gasteiger partial charge in [-0.05, 0) is 36.6 Å². The number of rotatable bonds is 4. The maximum atomic E-state index is 13.3. The molecule has 0 amide bonds. The molecule has 0 saturated carbocycles. The maximum Gasteiger partial charge on any atom is 0.417 e. The number of aromatic nitrogens is 2. The van der Waals surface area contributed by atoms with Crippen molar-refractivity contribution in [1.29, 1.82) is 5.26 Å². The Morgan fingerprint density at radius 3 is 2.53 bits per heavy atom. The number of hydrogen-bond acceptors (Lipinski definition) is 5. The van der Waals surface area contributed by atoms with Crippen LogP contribution in [0.2, 0.25) is 0 Å². The Kier molecular flexibility index (Phi) is 5.04. The Bertz CT molecular complexity index is 1120. The second-order valence-corrected chi connectivity index (χ2v) is 7.01. The van der Waals surface area contributed by atoms with E-state index in [1.54, 1.807) is 13.1 Å². The van der Waals surface area contributed by atoms with Crippen LogP contribution in [0.3, 0.4) is 0 Å². The van der Waals surface area contributed by atoms with E-state index in [2.05, 4.69) is 20.6 Å². The number of alkyl halides is 3. The van der Waals surface area contributed by atoms with E-state index >= 15 is 0 Å². The van der Waals surface area contributed by atoms with E-state index < -0.39 is 17.3 Å². The molecule has 1 aliphatic carbocycles. The number of nitrogens with zero attached hydrogens (tertiary/aromatic N) is 3. The summed E-state index contributed by atoms with van der Waals surface area (Å²) < 4.78 is 39.8. The number of hydrogen-bond donors (Lipinski definition) is 2. The lowest BCUT2D eigenvalue weighted by atomic mass is 9.97. The summed E-state index contributed by atoms with van der Waals surface area (Å²) in [6.45, 7) is 0. The largest absolute Gasteiger partial charge is 0.417 e. The van der Waals surface area contributed by atoms with E-state index in [1.807, 2.05) is 30.3 Å². The van der Waals surface area contributed by atoms with Gasteiger partial charge >= 0.3 is 6.18 Å². The first-order chi connectivity index (χ1) is 14.4.